The molecule has 21 heavy (non-hydrogen) atoms. The highest BCUT2D eigenvalue weighted by molar-refractivity contribution is 6.03. The van der Waals surface area contributed by atoms with Crippen LogP contribution in [0.1, 0.15) is 10.4 Å². The average molecular weight is 281 g/mol. The Balaban J connectivity index is 2.15. The monoisotopic (exact) mass is 281 g/mol. The molecule has 0 unspecified atom stereocenters. The molecule has 108 valence electrons. The first-order valence-corrected chi connectivity index (χ1v) is 7.21. The maximum Gasteiger partial charge on any atom is 0.249 e. The molecule has 4 nitrogen and oxygen atoms in total. The molecule has 1 amide bonds. The SMILES string of the molecule is NC(=O)c1cccc(N2CCNCC2)c1-c1ccccc1. The highest BCUT2D eigenvalue weighted by atomic mass is 16.1. The van der Waals surface area contributed by atoms with Crippen molar-refractivity contribution in [3.63, 3.8) is 0 Å². The van der Waals surface area contributed by atoms with Gasteiger partial charge in [0, 0.05) is 43.0 Å². The molecular weight excluding hydrogens is 262 g/mol. The number of hydrogen-bond acceptors (Lipinski definition) is 3. The molecule has 3 rings (SSSR count). The molecule has 1 heterocycles. The average Bonchev–Trinajstić information content (AvgIpc) is 2.55. The van der Waals surface area contributed by atoms with E-state index in [1.807, 2.05) is 36.4 Å². The van der Waals surface area contributed by atoms with Crippen LogP contribution in [0.4, 0.5) is 5.69 Å². The van der Waals surface area contributed by atoms with Gasteiger partial charge in [0.15, 0.2) is 0 Å². The van der Waals surface area contributed by atoms with Gasteiger partial charge < -0.3 is 16.0 Å². The van der Waals surface area contributed by atoms with Crippen molar-refractivity contribution in [1.82, 2.24) is 5.32 Å². The van der Waals surface area contributed by atoms with Crippen LogP contribution < -0.4 is 16.0 Å². The number of benzene rings is 2. The zero-order valence-corrected chi connectivity index (χ0v) is 11.9. The van der Waals surface area contributed by atoms with Gasteiger partial charge in [-0.25, -0.2) is 0 Å². The molecule has 0 bridgehead atoms. The van der Waals surface area contributed by atoms with Crippen LogP contribution in [0, 0.1) is 0 Å². The third-order valence-electron chi connectivity index (χ3n) is 3.83. The zero-order chi connectivity index (χ0) is 14.7. The van der Waals surface area contributed by atoms with E-state index in [1.54, 1.807) is 6.07 Å². The van der Waals surface area contributed by atoms with Gasteiger partial charge in [-0.2, -0.15) is 0 Å². The predicted octanol–water partition coefficient (Wildman–Crippen LogP) is 1.86. The number of rotatable bonds is 3. The minimum absolute atomic E-state index is 0.383. The standard InChI is InChI=1S/C17H19N3O/c18-17(21)14-7-4-8-15(20-11-9-19-10-12-20)16(14)13-5-2-1-3-6-13/h1-8,19H,9-12H2,(H2,18,21). The fourth-order valence-corrected chi connectivity index (χ4v) is 2.82. The number of nitrogens with two attached hydrogens (primary N) is 1. The number of carbonyl (C=O) groups excluding carboxylic acids is 1. The van der Waals surface area contributed by atoms with Gasteiger partial charge in [-0.1, -0.05) is 36.4 Å². The van der Waals surface area contributed by atoms with Gasteiger partial charge in [0.25, 0.3) is 0 Å². The van der Waals surface area contributed by atoms with E-state index in [-0.39, 0.29) is 5.91 Å². The molecule has 2 aromatic rings. The van der Waals surface area contributed by atoms with Crippen molar-refractivity contribution in [2.75, 3.05) is 31.1 Å². The van der Waals surface area contributed by atoms with Crippen molar-refractivity contribution in [3.05, 3.63) is 54.1 Å². The first-order valence-electron chi connectivity index (χ1n) is 7.21. The molecule has 4 heteroatoms. The lowest BCUT2D eigenvalue weighted by atomic mass is 9.96. The summed E-state index contributed by atoms with van der Waals surface area (Å²) in [6.45, 7) is 3.77. The van der Waals surface area contributed by atoms with E-state index in [9.17, 15) is 4.79 Å². The van der Waals surface area contributed by atoms with Crippen LogP contribution in [0.25, 0.3) is 11.1 Å². The van der Waals surface area contributed by atoms with Crippen LogP contribution in [0.15, 0.2) is 48.5 Å². The molecule has 1 aliphatic heterocycles. The Morgan fingerprint density at radius 2 is 1.71 bits per heavy atom. The van der Waals surface area contributed by atoms with Crippen LogP contribution >= 0.6 is 0 Å². The fraction of sp³-hybridized carbons (Fsp3) is 0.235. The summed E-state index contributed by atoms with van der Waals surface area (Å²) in [5.41, 5.74) is 9.21. The molecule has 3 N–H and O–H groups in total. The second-order valence-electron chi connectivity index (χ2n) is 5.17. The third kappa shape index (κ3) is 2.76. The quantitative estimate of drug-likeness (QED) is 0.903. The van der Waals surface area contributed by atoms with E-state index < -0.39 is 0 Å². The highest BCUT2D eigenvalue weighted by Gasteiger charge is 2.19. The summed E-state index contributed by atoms with van der Waals surface area (Å²) in [7, 11) is 0. The summed E-state index contributed by atoms with van der Waals surface area (Å²) in [5, 5.41) is 3.35. The van der Waals surface area contributed by atoms with Gasteiger partial charge in [-0.05, 0) is 17.7 Å². The van der Waals surface area contributed by atoms with E-state index in [1.165, 1.54) is 0 Å². The van der Waals surface area contributed by atoms with Crippen molar-refractivity contribution in [1.29, 1.82) is 0 Å². The van der Waals surface area contributed by atoms with E-state index in [4.69, 9.17) is 5.73 Å². The summed E-state index contributed by atoms with van der Waals surface area (Å²) in [4.78, 5) is 14.1. The van der Waals surface area contributed by atoms with Crippen LogP contribution in [0.3, 0.4) is 0 Å². The van der Waals surface area contributed by atoms with E-state index >= 15 is 0 Å². The van der Waals surface area contributed by atoms with Crippen LogP contribution in [0.2, 0.25) is 0 Å². The van der Waals surface area contributed by atoms with Crippen molar-refractivity contribution in [2.45, 2.75) is 0 Å². The van der Waals surface area contributed by atoms with Crippen LogP contribution in [-0.4, -0.2) is 32.1 Å². The van der Waals surface area contributed by atoms with E-state index in [0.29, 0.717) is 5.56 Å². The van der Waals surface area contributed by atoms with Gasteiger partial charge in [0.1, 0.15) is 0 Å². The van der Waals surface area contributed by atoms with E-state index in [2.05, 4.69) is 16.3 Å². The summed E-state index contributed by atoms with van der Waals surface area (Å²) in [6.07, 6.45) is 0. The van der Waals surface area contributed by atoms with E-state index in [0.717, 1.165) is 43.0 Å². The molecule has 0 saturated carbocycles. The minimum Gasteiger partial charge on any atom is -0.368 e. The highest BCUT2D eigenvalue weighted by Crippen LogP contribution is 2.34. The van der Waals surface area contributed by atoms with Crippen molar-refractivity contribution >= 4 is 11.6 Å². The first kappa shape index (κ1) is 13.6. The Hall–Kier alpha value is -2.33. The van der Waals surface area contributed by atoms with Gasteiger partial charge in [-0.15, -0.1) is 0 Å². The van der Waals surface area contributed by atoms with Crippen molar-refractivity contribution in [2.24, 2.45) is 5.73 Å². The maximum atomic E-state index is 11.8. The number of amides is 1. The number of primary amides is 1. The Kier molecular flexibility index (Phi) is 3.88. The fourth-order valence-electron chi connectivity index (χ4n) is 2.82. The molecule has 1 saturated heterocycles. The molecule has 1 fully saturated rings. The second kappa shape index (κ2) is 5.97. The Labute approximate surface area is 124 Å². The Morgan fingerprint density at radius 3 is 2.38 bits per heavy atom. The molecule has 0 spiro atoms. The number of piperazine rings is 1. The molecule has 0 atom stereocenters. The lowest BCUT2D eigenvalue weighted by Crippen LogP contribution is -2.43. The molecule has 0 radical (unpaired) electrons. The van der Waals surface area contributed by atoms with Gasteiger partial charge in [0.2, 0.25) is 5.91 Å². The van der Waals surface area contributed by atoms with Crippen LogP contribution in [-0.2, 0) is 0 Å². The summed E-state index contributed by atoms with van der Waals surface area (Å²) in [6, 6.07) is 15.8. The summed E-state index contributed by atoms with van der Waals surface area (Å²) >= 11 is 0. The maximum absolute atomic E-state index is 11.8. The van der Waals surface area contributed by atoms with Crippen molar-refractivity contribution < 1.29 is 4.79 Å². The van der Waals surface area contributed by atoms with Gasteiger partial charge >= 0.3 is 0 Å². The molecule has 0 aliphatic carbocycles. The predicted molar refractivity (Wildman–Crippen MR) is 85.5 cm³/mol. The van der Waals surface area contributed by atoms with Gasteiger partial charge in [-0.3, -0.25) is 4.79 Å². The number of anilines is 1. The van der Waals surface area contributed by atoms with Gasteiger partial charge in [0.05, 0.1) is 0 Å². The molecule has 2 aromatic carbocycles. The third-order valence-corrected chi connectivity index (χ3v) is 3.83. The van der Waals surface area contributed by atoms with Crippen molar-refractivity contribution in [3.8, 4) is 11.1 Å². The number of carbonyl (C=O) groups is 1. The summed E-state index contributed by atoms with van der Waals surface area (Å²) < 4.78 is 0. The summed E-state index contributed by atoms with van der Waals surface area (Å²) in [5.74, 6) is -0.383. The smallest absolute Gasteiger partial charge is 0.249 e. The van der Waals surface area contributed by atoms with Crippen LogP contribution in [0.5, 0.6) is 0 Å². The number of nitrogens with one attached hydrogen (secondary N) is 1. The minimum atomic E-state index is -0.383. The largest absolute Gasteiger partial charge is 0.368 e. The Morgan fingerprint density at radius 1 is 1.00 bits per heavy atom. The molecular formula is C17H19N3O. The normalized spacial score (nSPS) is 15.0. The molecule has 1 aliphatic rings. The second-order valence-corrected chi connectivity index (χ2v) is 5.17. The lowest BCUT2D eigenvalue weighted by molar-refractivity contribution is 0.100. The number of hydrogen-bond donors (Lipinski definition) is 2. The zero-order valence-electron chi connectivity index (χ0n) is 11.9. The topological polar surface area (TPSA) is 58.4 Å². The molecule has 0 aromatic heterocycles. The lowest BCUT2D eigenvalue weighted by Gasteiger charge is -2.31. The number of nitrogens with zero attached hydrogens (tertiary/aromatic N) is 1. The Bertz CT molecular complexity index is 634. The first-order chi connectivity index (χ1) is 10.3.